The maximum Gasteiger partial charge on any atom is 0.309 e. The third-order valence-corrected chi connectivity index (χ3v) is 2.92. The number of carbonyl (C=O) groups excluding carboxylic acids is 2. The summed E-state index contributed by atoms with van der Waals surface area (Å²) in [5.41, 5.74) is 0.804. The van der Waals surface area contributed by atoms with E-state index in [2.05, 4.69) is 10.6 Å². The highest BCUT2D eigenvalue weighted by Crippen LogP contribution is 2.27. The van der Waals surface area contributed by atoms with Crippen molar-refractivity contribution in [2.24, 2.45) is 0 Å². The highest BCUT2D eigenvalue weighted by atomic mass is 16.5. The largest absolute Gasteiger partial charge is 0.493 e. The lowest BCUT2D eigenvalue weighted by Gasteiger charge is -2.10. The van der Waals surface area contributed by atoms with Gasteiger partial charge in [-0.1, -0.05) is 6.07 Å². The maximum absolute atomic E-state index is 11.6. The van der Waals surface area contributed by atoms with Crippen LogP contribution >= 0.6 is 0 Å². The minimum atomic E-state index is -0.674. The van der Waals surface area contributed by atoms with E-state index in [1.54, 1.807) is 32.4 Å². The minimum Gasteiger partial charge on any atom is -0.493 e. The molecule has 1 aromatic carbocycles. The van der Waals surface area contributed by atoms with Crippen molar-refractivity contribution in [2.75, 3.05) is 34.5 Å². The van der Waals surface area contributed by atoms with Crippen LogP contribution in [-0.2, 0) is 20.9 Å². The Kier molecular flexibility index (Phi) is 7.77. The Morgan fingerprint density at radius 1 is 1.00 bits per heavy atom. The highest BCUT2D eigenvalue weighted by molar-refractivity contribution is 6.35. The standard InChI is InChI=1S/C15H22N2O5/c1-20-8-4-7-16-14(18)15(19)17-10-11-5-6-12(21-2)13(9-11)22-3/h5-6,9H,4,7-8,10H2,1-3H3,(H,16,18)(H,17,19). The van der Waals surface area contributed by atoms with Crippen LogP contribution in [0.4, 0.5) is 0 Å². The van der Waals surface area contributed by atoms with Gasteiger partial charge in [-0.2, -0.15) is 0 Å². The molecular weight excluding hydrogens is 288 g/mol. The molecule has 0 atom stereocenters. The second-order valence-electron chi connectivity index (χ2n) is 4.47. The molecule has 1 rings (SSSR count). The van der Waals surface area contributed by atoms with Crippen molar-refractivity contribution in [3.05, 3.63) is 23.8 Å². The number of amides is 2. The molecule has 2 amide bonds. The van der Waals surface area contributed by atoms with Gasteiger partial charge in [-0.15, -0.1) is 0 Å². The number of carbonyl (C=O) groups is 2. The number of hydrogen-bond acceptors (Lipinski definition) is 5. The number of benzene rings is 1. The highest BCUT2D eigenvalue weighted by Gasteiger charge is 2.12. The van der Waals surface area contributed by atoms with E-state index in [-0.39, 0.29) is 6.54 Å². The van der Waals surface area contributed by atoms with Crippen molar-refractivity contribution < 1.29 is 23.8 Å². The van der Waals surface area contributed by atoms with E-state index >= 15 is 0 Å². The molecule has 0 radical (unpaired) electrons. The molecule has 0 saturated heterocycles. The molecule has 1 aromatic rings. The van der Waals surface area contributed by atoms with Gasteiger partial charge in [0.15, 0.2) is 11.5 Å². The third kappa shape index (κ3) is 5.61. The first kappa shape index (κ1) is 17.8. The summed E-state index contributed by atoms with van der Waals surface area (Å²) in [5.74, 6) is -0.157. The fourth-order valence-corrected chi connectivity index (χ4v) is 1.75. The van der Waals surface area contributed by atoms with E-state index in [0.717, 1.165) is 5.56 Å². The van der Waals surface area contributed by atoms with Crippen molar-refractivity contribution in [3.8, 4) is 11.5 Å². The number of rotatable bonds is 8. The molecule has 0 aromatic heterocycles. The van der Waals surface area contributed by atoms with Gasteiger partial charge in [-0.25, -0.2) is 0 Å². The molecule has 0 fully saturated rings. The fraction of sp³-hybridized carbons (Fsp3) is 0.467. The summed E-state index contributed by atoms with van der Waals surface area (Å²) >= 11 is 0. The number of ether oxygens (including phenoxy) is 3. The molecule has 22 heavy (non-hydrogen) atoms. The first-order valence-electron chi connectivity index (χ1n) is 6.88. The Labute approximate surface area is 129 Å². The quantitative estimate of drug-likeness (QED) is 0.538. The van der Waals surface area contributed by atoms with Crippen molar-refractivity contribution in [2.45, 2.75) is 13.0 Å². The number of hydrogen-bond donors (Lipinski definition) is 2. The first-order valence-corrected chi connectivity index (χ1v) is 6.88. The van der Waals surface area contributed by atoms with Crippen LogP contribution < -0.4 is 20.1 Å². The Hall–Kier alpha value is -2.28. The summed E-state index contributed by atoms with van der Waals surface area (Å²) in [4.78, 5) is 23.2. The minimum absolute atomic E-state index is 0.227. The molecule has 0 aliphatic rings. The zero-order chi connectivity index (χ0) is 16.4. The average molecular weight is 310 g/mol. The van der Waals surface area contributed by atoms with E-state index in [4.69, 9.17) is 14.2 Å². The SMILES string of the molecule is COCCCNC(=O)C(=O)NCc1ccc(OC)c(OC)c1. The second-order valence-corrected chi connectivity index (χ2v) is 4.47. The van der Waals surface area contributed by atoms with Crippen LogP contribution in [-0.4, -0.2) is 46.3 Å². The smallest absolute Gasteiger partial charge is 0.309 e. The van der Waals surface area contributed by atoms with Gasteiger partial charge < -0.3 is 24.8 Å². The molecule has 0 heterocycles. The summed E-state index contributed by atoms with van der Waals surface area (Å²) < 4.78 is 15.2. The van der Waals surface area contributed by atoms with Crippen LogP contribution in [0.15, 0.2) is 18.2 Å². The predicted molar refractivity (Wildman–Crippen MR) is 80.9 cm³/mol. The number of methoxy groups -OCH3 is 3. The molecule has 0 bridgehead atoms. The van der Waals surface area contributed by atoms with E-state index in [0.29, 0.717) is 31.1 Å². The van der Waals surface area contributed by atoms with Gasteiger partial charge in [-0.05, 0) is 24.1 Å². The van der Waals surface area contributed by atoms with E-state index in [1.165, 1.54) is 7.11 Å². The predicted octanol–water partition coefficient (Wildman–Crippen LogP) is 0.473. The fourth-order valence-electron chi connectivity index (χ4n) is 1.75. The zero-order valence-electron chi connectivity index (χ0n) is 13.1. The monoisotopic (exact) mass is 310 g/mol. The van der Waals surface area contributed by atoms with Crippen molar-refractivity contribution >= 4 is 11.8 Å². The molecule has 0 aliphatic carbocycles. The summed E-state index contributed by atoms with van der Waals surface area (Å²) in [6.45, 7) is 1.16. The summed E-state index contributed by atoms with van der Waals surface area (Å²) in [6, 6.07) is 5.28. The van der Waals surface area contributed by atoms with Crippen molar-refractivity contribution in [1.82, 2.24) is 10.6 Å². The topological polar surface area (TPSA) is 85.9 Å². The van der Waals surface area contributed by atoms with Crippen LogP contribution in [0.25, 0.3) is 0 Å². The van der Waals surface area contributed by atoms with Crippen LogP contribution in [0.2, 0.25) is 0 Å². The van der Waals surface area contributed by atoms with Gasteiger partial charge in [0, 0.05) is 26.8 Å². The van der Waals surface area contributed by atoms with Gasteiger partial charge in [-0.3, -0.25) is 9.59 Å². The molecule has 7 nitrogen and oxygen atoms in total. The van der Waals surface area contributed by atoms with Gasteiger partial charge in [0.25, 0.3) is 0 Å². The van der Waals surface area contributed by atoms with E-state index < -0.39 is 11.8 Å². The summed E-state index contributed by atoms with van der Waals surface area (Å²) in [7, 11) is 4.67. The second kappa shape index (κ2) is 9.62. The van der Waals surface area contributed by atoms with E-state index in [1.807, 2.05) is 0 Å². The molecule has 0 aliphatic heterocycles. The van der Waals surface area contributed by atoms with Crippen molar-refractivity contribution in [1.29, 1.82) is 0 Å². The van der Waals surface area contributed by atoms with Gasteiger partial charge in [0.2, 0.25) is 0 Å². The van der Waals surface area contributed by atoms with Crippen LogP contribution in [0.1, 0.15) is 12.0 Å². The van der Waals surface area contributed by atoms with Gasteiger partial charge in [0.1, 0.15) is 0 Å². The molecule has 2 N–H and O–H groups in total. The summed E-state index contributed by atoms with van der Waals surface area (Å²) in [6.07, 6.45) is 0.658. The Balaban J connectivity index is 2.45. The van der Waals surface area contributed by atoms with E-state index in [9.17, 15) is 9.59 Å². The van der Waals surface area contributed by atoms with Crippen LogP contribution in [0.5, 0.6) is 11.5 Å². The normalized spacial score (nSPS) is 9.95. The number of nitrogens with one attached hydrogen (secondary N) is 2. The van der Waals surface area contributed by atoms with Crippen LogP contribution in [0.3, 0.4) is 0 Å². The summed E-state index contributed by atoms with van der Waals surface area (Å²) in [5, 5.41) is 5.07. The lowest BCUT2D eigenvalue weighted by atomic mass is 10.2. The molecule has 7 heteroatoms. The molecule has 122 valence electrons. The zero-order valence-corrected chi connectivity index (χ0v) is 13.1. The molecule has 0 spiro atoms. The molecule has 0 unspecified atom stereocenters. The molecule has 0 saturated carbocycles. The van der Waals surface area contributed by atoms with Crippen LogP contribution in [0, 0.1) is 0 Å². The van der Waals surface area contributed by atoms with Crippen molar-refractivity contribution in [3.63, 3.8) is 0 Å². The lowest BCUT2D eigenvalue weighted by molar-refractivity contribution is -0.139. The maximum atomic E-state index is 11.6. The Morgan fingerprint density at radius 3 is 2.32 bits per heavy atom. The molecular formula is C15H22N2O5. The Morgan fingerprint density at radius 2 is 1.68 bits per heavy atom. The first-order chi connectivity index (χ1) is 10.6. The average Bonchev–Trinajstić information content (AvgIpc) is 2.55. The third-order valence-electron chi connectivity index (χ3n) is 2.92. The van der Waals surface area contributed by atoms with Gasteiger partial charge >= 0.3 is 11.8 Å². The van der Waals surface area contributed by atoms with Gasteiger partial charge in [0.05, 0.1) is 14.2 Å². The lowest BCUT2D eigenvalue weighted by Crippen LogP contribution is -2.40. The Bertz CT molecular complexity index is 505.